The number of piperidine rings is 1. The van der Waals surface area contributed by atoms with Crippen molar-refractivity contribution in [2.24, 2.45) is 5.92 Å². The normalized spacial score (nSPS) is 27.9. The van der Waals surface area contributed by atoms with Crippen molar-refractivity contribution in [2.75, 3.05) is 33.4 Å². The van der Waals surface area contributed by atoms with Crippen LogP contribution in [0, 0.1) is 5.92 Å². The average molecular weight is 283 g/mol. The van der Waals surface area contributed by atoms with Gasteiger partial charge in [0.2, 0.25) is 0 Å². The molecule has 0 bridgehead atoms. The molecule has 1 aliphatic rings. The van der Waals surface area contributed by atoms with Gasteiger partial charge in [0, 0.05) is 33.4 Å². The molecule has 2 atom stereocenters. The van der Waals surface area contributed by atoms with E-state index in [0.717, 1.165) is 45.4 Å². The number of hydrogen-bond acceptors (Lipinski definition) is 6. The summed E-state index contributed by atoms with van der Waals surface area (Å²) in [6.45, 7) is 6.50. The maximum absolute atomic E-state index is 10.6. The predicted octanol–water partition coefficient (Wildman–Crippen LogP) is 0.173. The summed E-state index contributed by atoms with van der Waals surface area (Å²) in [6.07, 6.45) is 4.21. The van der Waals surface area contributed by atoms with E-state index in [9.17, 15) is 5.11 Å². The van der Waals surface area contributed by atoms with Crippen LogP contribution in [-0.2, 0) is 11.3 Å². The van der Waals surface area contributed by atoms with Gasteiger partial charge in [-0.2, -0.15) is 0 Å². The summed E-state index contributed by atoms with van der Waals surface area (Å²) in [5, 5.41) is 21.7. The van der Waals surface area contributed by atoms with Crippen molar-refractivity contribution in [1.82, 2.24) is 25.1 Å². The summed E-state index contributed by atoms with van der Waals surface area (Å²) in [4.78, 5) is 2.41. The Balaban J connectivity index is 1.71. The highest BCUT2D eigenvalue weighted by Gasteiger charge is 2.38. The van der Waals surface area contributed by atoms with E-state index < -0.39 is 5.60 Å². The van der Waals surface area contributed by atoms with Gasteiger partial charge >= 0.3 is 0 Å². The molecule has 7 nitrogen and oxygen atoms in total. The summed E-state index contributed by atoms with van der Waals surface area (Å²) in [7, 11) is 1.68. The Labute approximate surface area is 119 Å². The van der Waals surface area contributed by atoms with Crippen molar-refractivity contribution in [3.05, 3.63) is 6.33 Å². The second-order valence-corrected chi connectivity index (χ2v) is 5.72. The van der Waals surface area contributed by atoms with Gasteiger partial charge < -0.3 is 14.7 Å². The van der Waals surface area contributed by atoms with Crippen LogP contribution in [0.3, 0.4) is 0 Å². The number of aryl methyl sites for hydroxylation is 1. The molecule has 0 unspecified atom stereocenters. The fourth-order valence-corrected chi connectivity index (χ4v) is 2.84. The van der Waals surface area contributed by atoms with Gasteiger partial charge in [0.25, 0.3) is 0 Å². The highest BCUT2D eigenvalue weighted by Crippen LogP contribution is 2.30. The quantitative estimate of drug-likeness (QED) is 0.769. The van der Waals surface area contributed by atoms with E-state index >= 15 is 0 Å². The van der Waals surface area contributed by atoms with Crippen LogP contribution in [0.5, 0.6) is 0 Å². The molecule has 0 spiro atoms. The molecule has 1 aliphatic heterocycles. The van der Waals surface area contributed by atoms with Gasteiger partial charge in [-0.1, -0.05) is 6.92 Å². The van der Waals surface area contributed by atoms with Crippen LogP contribution in [-0.4, -0.2) is 69.2 Å². The highest BCUT2D eigenvalue weighted by molar-refractivity contribution is 4.90. The van der Waals surface area contributed by atoms with Crippen LogP contribution in [0.25, 0.3) is 0 Å². The zero-order chi connectivity index (χ0) is 14.4. The lowest BCUT2D eigenvalue weighted by Gasteiger charge is -2.43. The van der Waals surface area contributed by atoms with Gasteiger partial charge in [0.05, 0.1) is 5.60 Å². The van der Waals surface area contributed by atoms with Crippen LogP contribution in [0.1, 0.15) is 26.2 Å². The van der Waals surface area contributed by atoms with Crippen molar-refractivity contribution in [3.8, 4) is 0 Å². The smallest absolute Gasteiger partial charge is 0.138 e. The molecule has 1 aromatic rings. The van der Waals surface area contributed by atoms with Crippen LogP contribution >= 0.6 is 0 Å². The van der Waals surface area contributed by atoms with Crippen LogP contribution in [0.15, 0.2) is 6.33 Å². The summed E-state index contributed by atoms with van der Waals surface area (Å²) in [6, 6.07) is 0. The Morgan fingerprint density at radius 2 is 2.30 bits per heavy atom. The van der Waals surface area contributed by atoms with E-state index in [1.165, 1.54) is 0 Å². The predicted molar refractivity (Wildman–Crippen MR) is 74.1 cm³/mol. The molecular weight excluding hydrogens is 258 g/mol. The third kappa shape index (κ3) is 3.97. The van der Waals surface area contributed by atoms with Crippen LogP contribution in [0.2, 0.25) is 0 Å². The van der Waals surface area contributed by atoms with Crippen LogP contribution in [0.4, 0.5) is 0 Å². The molecule has 20 heavy (non-hydrogen) atoms. The van der Waals surface area contributed by atoms with E-state index in [2.05, 4.69) is 27.3 Å². The number of hydrogen-bond donors (Lipinski definition) is 1. The molecule has 0 radical (unpaired) electrons. The lowest BCUT2D eigenvalue weighted by Crippen LogP contribution is -2.51. The second-order valence-electron chi connectivity index (χ2n) is 5.72. The van der Waals surface area contributed by atoms with E-state index in [1.54, 1.807) is 18.1 Å². The Kier molecular flexibility index (Phi) is 5.45. The molecule has 114 valence electrons. The SMILES string of the molecule is COCC[C@]1(O)CCN(CCCn2cnnn2)C[C@H]1C. The molecular formula is C13H25N5O2. The first-order valence-electron chi connectivity index (χ1n) is 7.28. The molecule has 7 heteroatoms. The summed E-state index contributed by atoms with van der Waals surface area (Å²) in [5.41, 5.74) is -0.567. The monoisotopic (exact) mass is 283 g/mol. The van der Waals surface area contributed by atoms with E-state index in [-0.39, 0.29) is 5.92 Å². The summed E-state index contributed by atoms with van der Waals surface area (Å²) < 4.78 is 6.85. The first kappa shape index (κ1) is 15.3. The molecule has 0 aliphatic carbocycles. The Hall–Kier alpha value is -1.05. The molecule has 2 heterocycles. The number of methoxy groups -OCH3 is 1. The van der Waals surface area contributed by atoms with Crippen molar-refractivity contribution < 1.29 is 9.84 Å². The summed E-state index contributed by atoms with van der Waals surface area (Å²) in [5.74, 6) is 0.277. The molecule has 0 aromatic carbocycles. The maximum Gasteiger partial charge on any atom is 0.138 e. The maximum atomic E-state index is 10.6. The lowest BCUT2D eigenvalue weighted by atomic mass is 9.80. The minimum atomic E-state index is -0.567. The zero-order valence-electron chi connectivity index (χ0n) is 12.4. The van der Waals surface area contributed by atoms with Crippen molar-refractivity contribution in [3.63, 3.8) is 0 Å². The minimum absolute atomic E-state index is 0.277. The molecule has 0 amide bonds. The Morgan fingerprint density at radius 1 is 1.45 bits per heavy atom. The molecule has 0 saturated carbocycles. The molecule has 1 N–H and O–H groups in total. The van der Waals surface area contributed by atoms with Gasteiger partial charge in [-0.3, -0.25) is 0 Å². The standard InChI is InChI=1S/C13H25N5O2/c1-12-10-17(6-3-7-18-11-14-15-16-18)8-4-13(12,19)5-9-20-2/h11-12,19H,3-10H2,1-2H3/t12-,13-/m1/s1. The Bertz CT molecular complexity index is 386. The second kappa shape index (κ2) is 7.10. The van der Waals surface area contributed by atoms with E-state index in [1.807, 2.05) is 0 Å². The molecule has 1 aromatic heterocycles. The fraction of sp³-hybridized carbons (Fsp3) is 0.923. The number of tetrazole rings is 1. The lowest BCUT2D eigenvalue weighted by molar-refractivity contribution is -0.0814. The number of rotatable bonds is 7. The van der Waals surface area contributed by atoms with E-state index in [4.69, 9.17) is 4.74 Å². The van der Waals surface area contributed by atoms with Gasteiger partial charge in [-0.25, -0.2) is 4.68 Å². The van der Waals surface area contributed by atoms with Crippen LogP contribution < -0.4 is 0 Å². The van der Waals surface area contributed by atoms with E-state index in [0.29, 0.717) is 6.61 Å². The minimum Gasteiger partial charge on any atom is -0.389 e. The number of likely N-dealkylation sites (tertiary alicyclic amines) is 1. The Morgan fingerprint density at radius 3 is 2.95 bits per heavy atom. The van der Waals surface area contributed by atoms with Gasteiger partial charge in [-0.15, -0.1) is 5.10 Å². The molecule has 1 fully saturated rings. The zero-order valence-corrected chi connectivity index (χ0v) is 12.4. The number of nitrogens with zero attached hydrogens (tertiary/aromatic N) is 5. The average Bonchev–Trinajstić information content (AvgIpc) is 2.94. The number of aromatic nitrogens is 4. The van der Waals surface area contributed by atoms with Gasteiger partial charge in [0.1, 0.15) is 6.33 Å². The summed E-state index contributed by atoms with van der Waals surface area (Å²) >= 11 is 0. The largest absolute Gasteiger partial charge is 0.389 e. The van der Waals surface area contributed by atoms with Gasteiger partial charge in [0.15, 0.2) is 0 Å². The highest BCUT2D eigenvalue weighted by atomic mass is 16.5. The fourth-order valence-electron chi connectivity index (χ4n) is 2.84. The number of ether oxygens (including phenoxy) is 1. The third-order valence-electron chi connectivity index (χ3n) is 4.30. The molecule has 1 saturated heterocycles. The van der Waals surface area contributed by atoms with Crippen molar-refractivity contribution in [2.45, 2.75) is 38.3 Å². The van der Waals surface area contributed by atoms with Gasteiger partial charge in [-0.05, 0) is 42.2 Å². The first-order valence-corrected chi connectivity index (χ1v) is 7.28. The number of aliphatic hydroxyl groups is 1. The third-order valence-corrected chi connectivity index (χ3v) is 4.30. The van der Waals surface area contributed by atoms with Crippen molar-refractivity contribution >= 4 is 0 Å². The molecule has 2 rings (SSSR count). The van der Waals surface area contributed by atoms with Crippen molar-refractivity contribution in [1.29, 1.82) is 0 Å². The topological polar surface area (TPSA) is 76.3 Å². The first-order chi connectivity index (χ1) is 9.64.